The van der Waals surface area contributed by atoms with E-state index in [1.54, 1.807) is 0 Å². The standard InChI is InChI=1S/C16H24N4O2S/c1-10(2)15-18-19-16(23-15)17-14(22)11-8-13(21)20(9-11)12-6-4-3-5-7-12/h10-12H,3-9H2,1-2H3,(H,17,19,22). The summed E-state index contributed by atoms with van der Waals surface area (Å²) in [5.74, 6) is 0.0455. The van der Waals surface area contributed by atoms with E-state index in [-0.39, 0.29) is 17.7 Å². The second-order valence-electron chi connectivity index (χ2n) is 6.83. The fourth-order valence-electron chi connectivity index (χ4n) is 3.38. The first-order valence-corrected chi connectivity index (χ1v) is 9.30. The minimum atomic E-state index is -0.268. The Kier molecular flexibility index (Phi) is 4.94. The lowest BCUT2D eigenvalue weighted by atomic mass is 9.94. The van der Waals surface area contributed by atoms with Gasteiger partial charge in [-0.05, 0) is 12.8 Å². The van der Waals surface area contributed by atoms with Crippen molar-refractivity contribution < 1.29 is 9.59 Å². The summed E-state index contributed by atoms with van der Waals surface area (Å²) in [6, 6.07) is 0.336. The zero-order chi connectivity index (χ0) is 16.4. The zero-order valence-corrected chi connectivity index (χ0v) is 14.6. The van der Waals surface area contributed by atoms with Crippen LogP contribution in [0, 0.1) is 5.92 Å². The molecule has 1 N–H and O–H groups in total. The second kappa shape index (κ2) is 6.95. The molecule has 1 atom stereocenters. The number of hydrogen-bond donors (Lipinski definition) is 1. The number of carbonyl (C=O) groups excluding carboxylic acids is 2. The average molecular weight is 336 g/mol. The maximum Gasteiger partial charge on any atom is 0.231 e. The van der Waals surface area contributed by atoms with E-state index < -0.39 is 0 Å². The average Bonchev–Trinajstić information content (AvgIpc) is 3.15. The molecule has 1 aromatic rings. The van der Waals surface area contributed by atoms with E-state index in [4.69, 9.17) is 0 Å². The van der Waals surface area contributed by atoms with Crippen LogP contribution in [0.3, 0.4) is 0 Å². The maximum absolute atomic E-state index is 12.4. The van der Waals surface area contributed by atoms with Crippen molar-refractivity contribution in [3.8, 4) is 0 Å². The molecule has 0 spiro atoms. The molecule has 2 amide bonds. The lowest BCUT2D eigenvalue weighted by Gasteiger charge is -2.31. The first-order chi connectivity index (χ1) is 11.0. The summed E-state index contributed by atoms with van der Waals surface area (Å²) in [6.07, 6.45) is 6.11. The normalized spacial score (nSPS) is 22.8. The minimum absolute atomic E-state index is 0.108. The van der Waals surface area contributed by atoms with E-state index >= 15 is 0 Å². The van der Waals surface area contributed by atoms with Crippen LogP contribution in [0.25, 0.3) is 0 Å². The number of carbonyl (C=O) groups is 2. The molecule has 1 unspecified atom stereocenters. The molecular formula is C16H24N4O2S. The number of aromatic nitrogens is 2. The van der Waals surface area contributed by atoms with E-state index in [0.717, 1.165) is 17.8 Å². The Morgan fingerprint density at radius 2 is 2.00 bits per heavy atom. The highest BCUT2D eigenvalue weighted by atomic mass is 32.1. The molecule has 23 heavy (non-hydrogen) atoms. The molecule has 2 aliphatic rings. The number of hydrogen-bond acceptors (Lipinski definition) is 5. The van der Waals surface area contributed by atoms with Crippen molar-refractivity contribution in [2.45, 2.75) is 64.3 Å². The molecule has 7 heteroatoms. The Bertz CT molecular complexity index is 580. The second-order valence-corrected chi connectivity index (χ2v) is 7.84. The van der Waals surface area contributed by atoms with Crippen LogP contribution in [0.1, 0.15) is 63.3 Å². The van der Waals surface area contributed by atoms with Gasteiger partial charge in [-0.2, -0.15) is 0 Å². The number of rotatable bonds is 4. The van der Waals surface area contributed by atoms with Gasteiger partial charge in [0, 0.05) is 24.9 Å². The van der Waals surface area contributed by atoms with Gasteiger partial charge in [-0.15, -0.1) is 10.2 Å². The summed E-state index contributed by atoms with van der Waals surface area (Å²) in [5, 5.41) is 12.4. The molecular weight excluding hydrogens is 312 g/mol. The zero-order valence-electron chi connectivity index (χ0n) is 13.7. The van der Waals surface area contributed by atoms with E-state index in [0.29, 0.717) is 30.1 Å². The van der Waals surface area contributed by atoms with Crippen LogP contribution in [0.15, 0.2) is 0 Å². The predicted octanol–water partition coefficient (Wildman–Crippen LogP) is 2.78. The van der Waals surface area contributed by atoms with Crippen molar-refractivity contribution in [3.05, 3.63) is 5.01 Å². The van der Waals surface area contributed by atoms with Crippen molar-refractivity contribution >= 4 is 28.3 Å². The molecule has 1 saturated carbocycles. The quantitative estimate of drug-likeness (QED) is 0.917. The lowest BCUT2D eigenvalue weighted by molar-refractivity contribution is -0.130. The molecule has 2 heterocycles. The summed E-state index contributed by atoms with van der Waals surface area (Å²) in [6.45, 7) is 4.64. The number of likely N-dealkylation sites (tertiary alicyclic amines) is 1. The van der Waals surface area contributed by atoms with Gasteiger partial charge in [0.1, 0.15) is 5.01 Å². The molecule has 0 bridgehead atoms. The van der Waals surface area contributed by atoms with Gasteiger partial charge < -0.3 is 10.2 Å². The largest absolute Gasteiger partial charge is 0.339 e. The number of anilines is 1. The molecule has 2 fully saturated rings. The Morgan fingerprint density at radius 3 is 2.65 bits per heavy atom. The van der Waals surface area contributed by atoms with Gasteiger partial charge in [0.05, 0.1) is 5.92 Å². The molecule has 1 saturated heterocycles. The summed E-state index contributed by atoms with van der Waals surface area (Å²) in [5.41, 5.74) is 0. The first kappa shape index (κ1) is 16.4. The van der Waals surface area contributed by atoms with Gasteiger partial charge in [-0.25, -0.2) is 0 Å². The van der Waals surface area contributed by atoms with E-state index in [1.165, 1.54) is 30.6 Å². The van der Waals surface area contributed by atoms with Gasteiger partial charge in [-0.1, -0.05) is 44.4 Å². The van der Waals surface area contributed by atoms with Crippen LogP contribution >= 0.6 is 11.3 Å². The van der Waals surface area contributed by atoms with Gasteiger partial charge in [0.15, 0.2) is 0 Å². The maximum atomic E-state index is 12.4. The van der Waals surface area contributed by atoms with Crippen molar-refractivity contribution in [1.82, 2.24) is 15.1 Å². The fraction of sp³-hybridized carbons (Fsp3) is 0.750. The molecule has 1 aromatic heterocycles. The molecule has 1 aliphatic heterocycles. The smallest absolute Gasteiger partial charge is 0.231 e. The fourth-order valence-corrected chi connectivity index (χ4v) is 4.13. The number of amides is 2. The Labute approximate surface area is 140 Å². The topological polar surface area (TPSA) is 75.2 Å². The predicted molar refractivity (Wildman–Crippen MR) is 89.3 cm³/mol. The Hall–Kier alpha value is -1.50. The summed E-state index contributed by atoms with van der Waals surface area (Å²) >= 11 is 1.41. The van der Waals surface area contributed by atoms with Crippen LogP contribution in [0.4, 0.5) is 5.13 Å². The van der Waals surface area contributed by atoms with Crippen molar-refractivity contribution in [2.75, 3.05) is 11.9 Å². The van der Waals surface area contributed by atoms with Crippen molar-refractivity contribution in [1.29, 1.82) is 0 Å². The van der Waals surface area contributed by atoms with E-state index in [9.17, 15) is 9.59 Å². The van der Waals surface area contributed by atoms with Crippen LogP contribution in [0.2, 0.25) is 0 Å². The number of nitrogens with one attached hydrogen (secondary N) is 1. The Morgan fingerprint density at radius 1 is 1.26 bits per heavy atom. The SMILES string of the molecule is CC(C)c1nnc(NC(=O)C2CC(=O)N(C3CCCCC3)C2)s1. The van der Waals surface area contributed by atoms with Crippen LogP contribution in [-0.4, -0.2) is 39.5 Å². The Balaban J connectivity index is 1.58. The minimum Gasteiger partial charge on any atom is -0.339 e. The number of nitrogens with zero attached hydrogens (tertiary/aromatic N) is 3. The van der Waals surface area contributed by atoms with Crippen LogP contribution in [-0.2, 0) is 9.59 Å². The van der Waals surface area contributed by atoms with Gasteiger partial charge >= 0.3 is 0 Å². The van der Waals surface area contributed by atoms with Crippen molar-refractivity contribution in [2.24, 2.45) is 5.92 Å². The van der Waals surface area contributed by atoms with E-state index in [1.807, 2.05) is 18.7 Å². The molecule has 0 aromatic carbocycles. The van der Waals surface area contributed by atoms with Crippen LogP contribution < -0.4 is 5.32 Å². The van der Waals surface area contributed by atoms with Crippen LogP contribution in [0.5, 0.6) is 0 Å². The molecule has 6 nitrogen and oxygen atoms in total. The monoisotopic (exact) mass is 336 g/mol. The lowest BCUT2D eigenvalue weighted by Crippen LogP contribution is -2.38. The van der Waals surface area contributed by atoms with Gasteiger partial charge in [0.25, 0.3) is 0 Å². The summed E-state index contributed by atoms with van der Waals surface area (Å²) < 4.78 is 0. The van der Waals surface area contributed by atoms with Crippen molar-refractivity contribution in [3.63, 3.8) is 0 Å². The highest BCUT2D eigenvalue weighted by Gasteiger charge is 2.38. The third kappa shape index (κ3) is 3.71. The van der Waals surface area contributed by atoms with E-state index in [2.05, 4.69) is 15.5 Å². The third-order valence-corrected chi connectivity index (χ3v) is 5.85. The highest BCUT2D eigenvalue weighted by molar-refractivity contribution is 7.15. The summed E-state index contributed by atoms with van der Waals surface area (Å²) in [4.78, 5) is 26.6. The molecule has 1 aliphatic carbocycles. The molecule has 3 rings (SSSR count). The highest BCUT2D eigenvalue weighted by Crippen LogP contribution is 2.29. The van der Waals surface area contributed by atoms with Gasteiger partial charge in [-0.3, -0.25) is 9.59 Å². The van der Waals surface area contributed by atoms with Gasteiger partial charge in [0.2, 0.25) is 16.9 Å². The molecule has 0 radical (unpaired) electrons. The summed E-state index contributed by atoms with van der Waals surface area (Å²) in [7, 11) is 0. The first-order valence-electron chi connectivity index (χ1n) is 8.48. The third-order valence-electron chi connectivity index (χ3n) is 4.71. The molecule has 126 valence electrons.